The third-order valence-corrected chi connectivity index (χ3v) is 3.42. The number of nitrogens with one attached hydrogen (secondary N) is 2. The molecule has 2 N–H and O–H groups in total. The molecule has 0 unspecified atom stereocenters. The number of hydrogen-bond acceptors (Lipinski definition) is 6. The zero-order valence-corrected chi connectivity index (χ0v) is 11.7. The van der Waals surface area contributed by atoms with Crippen molar-refractivity contribution in [3.8, 4) is 0 Å². The van der Waals surface area contributed by atoms with Gasteiger partial charge in [0.15, 0.2) is 0 Å². The fraction of sp³-hybridized carbons (Fsp3) is 0.455. The van der Waals surface area contributed by atoms with Crippen LogP contribution in [-0.4, -0.2) is 32.2 Å². The van der Waals surface area contributed by atoms with Crippen molar-refractivity contribution in [2.24, 2.45) is 0 Å². The smallest absolute Gasteiger partial charge is 0.214 e. The molecule has 0 aliphatic rings. The summed E-state index contributed by atoms with van der Waals surface area (Å²) in [7, 11) is 1.86. The van der Waals surface area contributed by atoms with Gasteiger partial charge in [0.2, 0.25) is 5.16 Å². The molecule has 0 bridgehead atoms. The predicted molar refractivity (Wildman–Crippen MR) is 70.9 cm³/mol. The average molecular weight is 264 g/mol. The van der Waals surface area contributed by atoms with Gasteiger partial charge >= 0.3 is 0 Å². The SMILES string of the molecule is CCc1nc(NC)c(C)c(Sc2n[nH]c(C)n2)n1. The predicted octanol–water partition coefficient (Wildman–Crippen LogP) is 1.97. The monoisotopic (exact) mass is 264 g/mol. The number of aromatic amines is 1. The Morgan fingerprint density at radius 1 is 1.22 bits per heavy atom. The maximum Gasteiger partial charge on any atom is 0.214 e. The Hall–Kier alpha value is -1.63. The van der Waals surface area contributed by atoms with Crippen molar-refractivity contribution in [3.05, 3.63) is 17.2 Å². The zero-order chi connectivity index (χ0) is 13.1. The van der Waals surface area contributed by atoms with Crippen LogP contribution in [0.1, 0.15) is 24.1 Å². The van der Waals surface area contributed by atoms with Gasteiger partial charge in [-0.3, -0.25) is 5.10 Å². The lowest BCUT2D eigenvalue weighted by Gasteiger charge is -2.09. The minimum absolute atomic E-state index is 0.679. The fourth-order valence-electron chi connectivity index (χ4n) is 1.50. The molecule has 0 aromatic carbocycles. The number of hydrogen-bond donors (Lipinski definition) is 2. The first kappa shape index (κ1) is 12.8. The van der Waals surface area contributed by atoms with Crippen LogP contribution in [0, 0.1) is 13.8 Å². The van der Waals surface area contributed by atoms with E-state index in [2.05, 4.69) is 30.5 Å². The first-order valence-electron chi connectivity index (χ1n) is 5.76. The molecule has 2 aromatic rings. The van der Waals surface area contributed by atoms with E-state index < -0.39 is 0 Å². The lowest BCUT2D eigenvalue weighted by molar-refractivity contribution is 0.869. The number of H-pyrrole nitrogens is 1. The topological polar surface area (TPSA) is 79.4 Å². The second-order valence-electron chi connectivity index (χ2n) is 3.83. The normalized spacial score (nSPS) is 10.7. The molecule has 0 amide bonds. The Balaban J connectivity index is 2.36. The molecule has 96 valence electrons. The molecule has 2 aromatic heterocycles. The largest absolute Gasteiger partial charge is 0.373 e. The van der Waals surface area contributed by atoms with E-state index in [0.29, 0.717) is 5.16 Å². The second kappa shape index (κ2) is 5.34. The van der Waals surface area contributed by atoms with Crippen LogP contribution >= 0.6 is 11.8 Å². The van der Waals surface area contributed by atoms with Gasteiger partial charge in [-0.2, -0.15) is 0 Å². The molecule has 0 atom stereocenters. The molecule has 0 fully saturated rings. The lowest BCUT2D eigenvalue weighted by atomic mass is 10.3. The molecule has 6 nitrogen and oxygen atoms in total. The van der Waals surface area contributed by atoms with E-state index in [1.807, 2.05) is 27.8 Å². The molecule has 0 saturated carbocycles. The fourth-order valence-corrected chi connectivity index (χ4v) is 2.34. The Labute approximate surface area is 110 Å². The number of aromatic nitrogens is 5. The highest BCUT2D eigenvalue weighted by molar-refractivity contribution is 7.99. The van der Waals surface area contributed by atoms with Crippen molar-refractivity contribution >= 4 is 17.6 Å². The summed E-state index contributed by atoms with van der Waals surface area (Å²) < 4.78 is 0. The highest BCUT2D eigenvalue weighted by Crippen LogP contribution is 2.29. The number of anilines is 1. The van der Waals surface area contributed by atoms with E-state index in [1.54, 1.807) is 0 Å². The minimum Gasteiger partial charge on any atom is -0.373 e. The highest BCUT2D eigenvalue weighted by Gasteiger charge is 2.12. The molecular weight excluding hydrogens is 248 g/mol. The van der Waals surface area contributed by atoms with E-state index in [1.165, 1.54) is 11.8 Å². The summed E-state index contributed by atoms with van der Waals surface area (Å²) in [5, 5.41) is 11.6. The van der Waals surface area contributed by atoms with Crippen LogP contribution in [0.5, 0.6) is 0 Å². The van der Waals surface area contributed by atoms with Crippen LogP contribution in [0.3, 0.4) is 0 Å². The third kappa shape index (κ3) is 2.61. The Bertz CT molecular complexity index is 550. The maximum atomic E-state index is 4.52. The zero-order valence-electron chi connectivity index (χ0n) is 10.9. The molecule has 2 rings (SSSR count). The van der Waals surface area contributed by atoms with Gasteiger partial charge < -0.3 is 5.32 Å². The number of rotatable bonds is 4. The van der Waals surface area contributed by atoms with Gasteiger partial charge in [0, 0.05) is 19.0 Å². The summed E-state index contributed by atoms with van der Waals surface area (Å²) >= 11 is 1.45. The number of nitrogens with zero attached hydrogens (tertiary/aromatic N) is 4. The molecule has 7 heteroatoms. The first-order valence-corrected chi connectivity index (χ1v) is 6.57. The van der Waals surface area contributed by atoms with Crippen LogP contribution in [0.15, 0.2) is 10.2 Å². The van der Waals surface area contributed by atoms with Crippen molar-refractivity contribution < 1.29 is 0 Å². The van der Waals surface area contributed by atoms with E-state index in [-0.39, 0.29) is 0 Å². The van der Waals surface area contributed by atoms with E-state index in [0.717, 1.165) is 34.5 Å². The molecule has 18 heavy (non-hydrogen) atoms. The standard InChI is InChI=1S/C11H16N6S/c1-5-8-14-9(12-4)6(2)10(15-8)18-11-13-7(3)16-17-11/h5H2,1-4H3,(H,12,14,15)(H,13,16,17). The van der Waals surface area contributed by atoms with Crippen LogP contribution in [0.4, 0.5) is 5.82 Å². The quantitative estimate of drug-likeness (QED) is 0.822. The molecule has 0 aliphatic carbocycles. The van der Waals surface area contributed by atoms with Crippen LogP contribution in [0.2, 0.25) is 0 Å². The summed E-state index contributed by atoms with van der Waals surface area (Å²) in [6.07, 6.45) is 0.801. The van der Waals surface area contributed by atoms with Gasteiger partial charge in [-0.15, -0.1) is 5.10 Å². The summed E-state index contributed by atoms with van der Waals surface area (Å²) in [5.41, 5.74) is 1.02. The van der Waals surface area contributed by atoms with Crippen molar-refractivity contribution in [1.82, 2.24) is 25.1 Å². The maximum absolute atomic E-state index is 4.52. The Kier molecular flexibility index (Phi) is 3.81. The molecule has 0 radical (unpaired) electrons. The van der Waals surface area contributed by atoms with Gasteiger partial charge in [-0.25, -0.2) is 15.0 Å². The van der Waals surface area contributed by atoms with Crippen molar-refractivity contribution in [2.45, 2.75) is 37.4 Å². The first-order chi connectivity index (χ1) is 8.63. The van der Waals surface area contributed by atoms with Crippen molar-refractivity contribution in [3.63, 3.8) is 0 Å². The van der Waals surface area contributed by atoms with E-state index in [4.69, 9.17) is 0 Å². The third-order valence-electron chi connectivity index (χ3n) is 2.47. The van der Waals surface area contributed by atoms with Crippen LogP contribution in [-0.2, 0) is 6.42 Å². The van der Waals surface area contributed by atoms with E-state index in [9.17, 15) is 0 Å². The van der Waals surface area contributed by atoms with E-state index >= 15 is 0 Å². The Morgan fingerprint density at radius 3 is 2.56 bits per heavy atom. The average Bonchev–Trinajstić information content (AvgIpc) is 2.77. The molecule has 0 aliphatic heterocycles. The van der Waals surface area contributed by atoms with Crippen molar-refractivity contribution in [2.75, 3.05) is 12.4 Å². The number of aryl methyl sites for hydroxylation is 2. The van der Waals surface area contributed by atoms with Gasteiger partial charge in [0.05, 0.1) is 0 Å². The van der Waals surface area contributed by atoms with Gasteiger partial charge in [-0.05, 0) is 25.6 Å². The summed E-state index contributed by atoms with van der Waals surface area (Å²) in [5.74, 6) is 2.48. The van der Waals surface area contributed by atoms with Crippen LogP contribution < -0.4 is 5.32 Å². The second-order valence-corrected chi connectivity index (χ2v) is 4.78. The lowest BCUT2D eigenvalue weighted by Crippen LogP contribution is -2.04. The minimum atomic E-state index is 0.679. The Morgan fingerprint density at radius 2 is 2.00 bits per heavy atom. The highest BCUT2D eigenvalue weighted by atomic mass is 32.2. The summed E-state index contributed by atoms with van der Waals surface area (Å²) in [6.45, 7) is 5.91. The summed E-state index contributed by atoms with van der Waals surface area (Å²) in [6, 6.07) is 0. The van der Waals surface area contributed by atoms with Gasteiger partial charge in [-0.1, -0.05) is 6.92 Å². The van der Waals surface area contributed by atoms with Crippen LogP contribution in [0.25, 0.3) is 0 Å². The van der Waals surface area contributed by atoms with Crippen molar-refractivity contribution in [1.29, 1.82) is 0 Å². The molecule has 0 spiro atoms. The molecular formula is C11H16N6S. The molecule has 0 saturated heterocycles. The van der Waals surface area contributed by atoms with Gasteiger partial charge in [0.1, 0.15) is 22.5 Å². The summed E-state index contributed by atoms with van der Waals surface area (Å²) in [4.78, 5) is 13.2. The molecule has 2 heterocycles. The van der Waals surface area contributed by atoms with Gasteiger partial charge in [0.25, 0.3) is 0 Å².